The zero-order valence-electron chi connectivity index (χ0n) is 22.2. The Morgan fingerprint density at radius 3 is 2.29 bits per heavy atom. The third kappa shape index (κ3) is 4.81. The first-order valence-corrected chi connectivity index (χ1v) is 15.2. The quantitative estimate of drug-likeness (QED) is 0.333. The van der Waals surface area contributed by atoms with Gasteiger partial charge in [0, 0.05) is 5.69 Å². The van der Waals surface area contributed by atoms with Crippen molar-refractivity contribution in [2.45, 2.75) is 75.1 Å². The highest BCUT2D eigenvalue weighted by molar-refractivity contribution is 7.92. The van der Waals surface area contributed by atoms with Gasteiger partial charge in [-0.25, -0.2) is 23.1 Å². The number of amides is 2. The zero-order chi connectivity index (χ0) is 27.2. The maximum atomic E-state index is 14.3. The van der Waals surface area contributed by atoms with Gasteiger partial charge in [-0.3, -0.25) is 0 Å². The standard InChI is InChI=1S/C28H34N4O4S2/c1-17(18-11-13-21(36-4)14-12-18)32(38(29,35)24-16-30-26(37-24)28(2,3)34)27(33)31-25-22-9-5-7-19(22)15-20-8-6-10-23(20)25/h11-17,29,34H,5-10H2,1-4H3,(H,31,33)/t17-,38?/m1/s1. The van der Waals surface area contributed by atoms with Crippen LogP contribution in [0, 0.1) is 4.78 Å². The van der Waals surface area contributed by atoms with Crippen molar-refractivity contribution in [3.05, 3.63) is 69.4 Å². The molecule has 0 saturated carbocycles. The second kappa shape index (κ2) is 9.98. The fourth-order valence-corrected chi connectivity index (χ4v) is 8.25. The molecule has 8 nitrogen and oxygen atoms in total. The van der Waals surface area contributed by atoms with Crippen molar-refractivity contribution in [3.63, 3.8) is 0 Å². The van der Waals surface area contributed by atoms with Gasteiger partial charge in [-0.05, 0) is 99.2 Å². The highest BCUT2D eigenvalue weighted by Gasteiger charge is 2.36. The molecule has 0 spiro atoms. The second-order valence-corrected chi connectivity index (χ2v) is 13.7. The molecule has 2 atom stereocenters. The number of rotatable bonds is 7. The fourth-order valence-electron chi connectivity index (χ4n) is 5.43. The Labute approximate surface area is 228 Å². The van der Waals surface area contributed by atoms with E-state index >= 15 is 0 Å². The molecule has 0 saturated heterocycles. The average molecular weight is 555 g/mol. The first-order valence-electron chi connectivity index (χ1n) is 12.9. The Morgan fingerprint density at radius 1 is 1.16 bits per heavy atom. The number of ether oxygens (including phenoxy) is 1. The normalized spacial score (nSPS) is 16.9. The lowest BCUT2D eigenvalue weighted by Crippen LogP contribution is -2.41. The highest BCUT2D eigenvalue weighted by atomic mass is 32.2. The number of benzene rings is 2. The van der Waals surface area contributed by atoms with Crippen molar-refractivity contribution in [3.8, 4) is 5.75 Å². The number of aliphatic hydroxyl groups is 1. The highest BCUT2D eigenvalue weighted by Crippen LogP contribution is 2.40. The molecular formula is C28H34N4O4S2. The number of methoxy groups -OCH3 is 1. The van der Waals surface area contributed by atoms with Crippen LogP contribution in [0.15, 0.2) is 40.7 Å². The van der Waals surface area contributed by atoms with E-state index in [0.717, 1.165) is 76.5 Å². The Bertz CT molecular complexity index is 1440. The van der Waals surface area contributed by atoms with Crippen molar-refractivity contribution >= 4 is 33.0 Å². The molecule has 2 aromatic carbocycles. The van der Waals surface area contributed by atoms with Crippen molar-refractivity contribution in [1.29, 1.82) is 4.78 Å². The van der Waals surface area contributed by atoms with E-state index in [1.54, 1.807) is 40.0 Å². The molecule has 2 amide bonds. The number of aromatic nitrogens is 1. The van der Waals surface area contributed by atoms with Gasteiger partial charge >= 0.3 is 6.03 Å². The van der Waals surface area contributed by atoms with E-state index in [1.165, 1.54) is 17.3 Å². The lowest BCUT2D eigenvalue weighted by molar-refractivity contribution is 0.0783. The number of anilines is 1. The van der Waals surface area contributed by atoms with E-state index in [2.05, 4.69) is 16.4 Å². The van der Waals surface area contributed by atoms with Crippen molar-refractivity contribution in [2.75, 3.05) is 12.4 Å². The SMILES string of the molecule is COc1ccc([C@@H](C)N(C(=O)Nc2c3c(cc4c2CCC4)CCC3)S(=N)(=O)c2cnc(C(C)(C)O)s2)cc1. The number of fused-ring (bicyclic) bond motifs is 2. The van der Waals surface area contributed by atoms with Crippen LogP contribution in [0.25, 0.3) is 0 Å². The molecule has 38 heavy (non-hydrogen) atoms. The number of nitrogens with zero attached hydrogens (tertiary/aromatic N) is 2. The summed E-state index contributed by atoms with van der Waals surface area (Å²) < 4.78 is 29.8. The minimum Gasteiger partial charge on any atom is -0.497 e. The maximum Gasteiger partial charge on any atom is 0.335 e. The molecule has 3 N–H and O–H groups in total. The van der Waals surface area contributed by atoms with E-state index in [4.69, 9.17) is 9.52 Å². The number of hydrogen-bond acceptors (Lipinski definition) is 7. The molecule has 1 unspecified atom stereocenters. The Kier molecular flexibility index (Phi) is 7.00. The molecule has 5 rings (SSSR count). The summed E-state index contributed by atoms with van der Waals surface area (Å²) in [6.07, 6.45) is 7.21. The van der Waals surface area contributed by atoms with Gasteiger partial charge in [0.25, 0.3) is 0 Å². The Balaban J connectivity index is 1.57. The van der Waals surface area contributed by atoms with Crippen molar-refractivity contribution < 1.29 is 18.8 Å². The van der Waals surface area contributed by atoms with E-state index in [1.807, 2.05) is 12.1 Å². The molecule has 10 heteroatoms. The van der Waals surface area contributed by atoms with E-state index < -0.39 is 27.6 Å². The topological polar surface area (TPSA) is 116 Å². The second-order valence-electron chi connectivity index (χ2n) is 10.5. The van der Waals surface area contributed by atoms with Gasteiger partial charge < -0.3 is 15.2 Å². The lowest BCUT2D eigenvalue weighted by atomic mass is 9.99. The van der Waals surface area contributed by atoms with E-state index in [-0.39, 0.29) is 4.21 Å². The average Bonchev–Trinajstić information content (AvgIpc) is 3.64. The predicted molar refractivity (Wildman–Crippen MR) is 149 cm³/mol. The molecule has 2 aliphatic rings. The van der Waals surface area contributed by atoms with Gasteiger partial charge in [-0.2, -0.15) is 0 Å². The van der Waals surface area contributed by atoms with Crippen molar-refractivity contribution in [1.82, 2.24) is 9.29 Å². The number of thiazole rings is 1. The van der Waals surface area contributed by atoms with Gasteiger partial charge in [-0.15, -0.1) is 11.3 Å². The zero-order valence-corrected chi connectivity index (χ0v) is 23.8. The van der Waals surface area contributed by atoms with Gasteiger partial charge in [-0.1, -0.05) is 18.2 Å². The van der Waals surface area contributed by atoms with Crippen molar-refractivity contribution in [2.24, 2.45) is 0 Å². The number of carbonyl (C=O) groups excluding carboxylic acids is 1. The summed E-state index contributed by atoms with van der Waals surface area (Å²) in [6.45, 7) is 4.94. The van der Waals surface area contributed by atoms with Crippen LogP contribution < -0.4 is 10.1 Å². The van der Waals surface area contributed by atoms with Crippen LogP contribution in [-0.4, -0.2) is 31.7 Å². The number of urea groups is 1. The molecular weight excluding hydrogens is 520 g/mol. The third-order valence-electron chi connectivity index (χ3n) is 7.41. The summed E-state index contributed by atoms with van der Waals surface area (Å²) in [6, 6.07) is 8.21. The van der Waals surface area contributed by atoms with Crippen LogP contribution in [0.2, 0.25) is 0 Å². The third-order valence-corrected chi connectivity index (χ3v) is 11.1. The van der Waals surface area contributed by atoms with E-state index in [0.29, 0.717) is 10.8 Å². The molecule has 1 heterocycles. The van der Waals surface area contributed by atoms with Crippen LogP contribution in [-0.2, 0) is 41.2 Å². The summed E-state index contributed by atoms with van der Waals surface area (Å²) in [5, 5.41) is 13.9. The van der Waals surface area contributed by atoms with Gasteiger partial charge in [0.05, 0.1) is 19.3 Å². The van der Waals surface area contributed by atoms with Crippen LogP contribution in [0.5, 0.6) is 5.75 Å². The van der Waals surface area contributed by atoms with Crippen LogP contribution in [0.3, 0.4) is 0 Å². The minimum absolute atomic E-state index is 0.119. The van der Waals surface area contributed by atoms with Crippen LogP contribution in [0.1, 0.15) is 72.5 Å². The number of aryl methyl sites for hydroxylation is 2. The lowest BCUT2D eigenvalue weighted by Gasteiger charge is -2.31. The summed E-state index contributed by atoms with van der Waals surface area (Å²) in [7, 11) is -2.24. The molecule has 0 aliphatic heterocycles. The predicted octanol–water partition coefficient (Wildman–Crippen LogP) is 5.97. The largest absolute Gasteiger partial charge is 0.497 e. The van der Waals surface area contributed by atoms with Crippen LogP contribution in [0.4, 0.5) is 10.5 Å². The van der Waals surface area contributed by atoms with Crippen LogP contribution >= 0.6 is 11.3 Å². The number of carbonyl (C=O) groups is 1. The summed E-state index contributed by atoms with van der Waals surface area (Å²) >= 11 is 0.992. The Morgan fingerprint density at radius 2 is 1.76 bits per heavy atom. The molecule has 1 aromatic heterocycles. The molecule has 3 aromatic rings. The van der Waals surface area contributed by atoms with Gasteiger partial charge in [0.2, 0.25) is 0 Å². The smallest absolute Gasteiger partial charge is 0.335 e. The monoisotopic (exact) mass is 554 g/mol. The summed E-state index contributed by atoms with van der Waals surface area (Å²) in [5.74, 6) is 0.663. The molecule has 202 valence electrons. The summed E-state index contributed by atoms with van der Waals surface area (Å²) in [4.78, 5) is 18.3. The Hall–Kier alpha value is -2.95. The molecule has 0 bridgehead atoms. The number of nitrogens with one attached hydrogen (secondary N) is 2. The van der Waals surface area contributed by atoms with E-state index in [9.17, 15) is 14.1 Å². The van der Waals surface area contributed by atoms with Gasteiger partial charge in [0.1, 0.15) is 20.6 Å². The molecule has 0 fully saturated rings. The first-order chi connectivity index (χ1) is 18.0. The summed E-state index contributed by atoms with van der Waals surface area (Å²) in [5.41, 5.74) is 5.18. The maximum absolute atomic E-state index is 14.3. The number of hydrogen-bond donors (Lipinski definition) is 3. The first kappa shape index (κ1) is 26.6. The van der Waals surface area contributed by atoms with Gasteiger partial charge in [0.15, 0.2) is 9.92 Å². The molecule has 0 radical (unpaired) electrons. The fraction of sp³-hybridized carbons (Fsp3) is 0.429. The minimum atomic E-state index is -3.82. The molecule has 2 aliphatic carbocycles.